The van der Waals surface area contributed by atoms with Crippen LogP contribution in [0.25, 0.3) is 0 Å². The molecule has 0 saturated heterocycles. The largest absolute Gasteiger partial charge is 1.00 e. The molecular formula is H4Na4+4. The molecule has 0 spiro atoms. The number of hydrogen-bond acceptors (Lipinski definition) is 0. The van der Waals surface area contributed by atoms with E-state index in [9.17, 15) is 0 Å². The molecule has 0 fully saturated rings. The summed E-state index contributed by atoms with van der Waals surface area (Å²) in [5.74, 6) is 0. The van der Waals surface area contributed by atoms with Crippen LogP contribution < -0.4 is 118 Å². The predicted octanol–water partition coefficient (Wildman–Crippen LogP) is -11.5. The van der Waals surface area contributed by atoms with E-state index in [0.29, 0.717) is 0 Å². The first-order valence-corrected chi connectivity index (χ1v) is 0. The van der Waals surface area contributed by atoms with Gasteiger partial charge in [-0.15, -0.1) is 0 Å². The Balaban J connectivity index is 0. The molecule has 4 heavy (non-hydrogen) atoms. The van der Waals surface area contributed by atoms with Crippen LogP contribution in [0.3, 0.4) is 0 Å². The van der Waals surface area contributed by atoms with Crippen molar-refractivity contribution in [2.45, 2.75) is 0 Å². The van der Waals surface area contributed by atoms with Crippen LogP contribution in [0.4, 0.5) is 0 Å². The van der Waals surface area contributed by atoms with Crippen molar-refractivity contribution >= 4 is 0 Å². The zero-order valence-electron chi connectivity index (χ0n) is 4.00. The normalized spacial score (nSPS) is 0. The van der Waals surface area contributed by atoms with Crippen LogP contribution >= 0.6 is 0 Å². The second-order valence-electron chi connectivity index (χ2n) is 0. The summed E-state index contributed by atoms with van der Waals surface area (Å²) in [7, 11) is 0. The van der Waals surface area contributed by atoms with E-state index in [1.54, 1.807) is 0 Å². The zero-order chi connectivity index (χ0) is 0. The maximum absolute atomic E-state index is 0. The van der Waals surface area contributed by atoms with Gasteiger partial charge in [-0.2, -0.15) is 0 Å². The first-order chi connectivity index (χ1) is 0. The Morgan fingerprint density at radius 1 is 0.500 bits per heavy atom. The number of rotatable bonds is 0. The third kappa shape index (κ3) is 9.38. The molecule has 0 bridgehead atoms. The van der Waals surface area contributed by atoms with Crippen LogP contribution in [-0.2, 0) is 0 Å². The van der Waals surface area contributed by atoms with Crippen LogP contribution in [0.2, 0.25) is 0 Å². The molecule has 0 rings (SSSR count). The quantitative estimate of drug-likeness (QED) is 0.263. The van der Waals surface area contributed by atoms with Gasteiger partial charge in [0.15, 0.2) is 0 Å². The topological polar surface area (TPSA) is 0 Å². The van der Waals surface area contributed by atoms with Gasteiger partial charge in [-0.05, 0) is 0 Å². The molecule has 0 aliphatic carbocycles. The van der Waals surface area contributed by atoms with E-state index in [4.69, 9.17) is 0 Å². The molecule has 4 valence electrons. The van der Waals surface area contributed by atoms with E-state index in [0.717, 1.165) is 0 Å². The molecule has 0 nitrogen and oxygen atoms in total. The van der Waals surface area contributed by atoms with Gasteiger partial charge in [0.05, 0.1) is 0 Å². The Kier molecular flexibility index (Phi) is 96.5. The average molecular weight is 96.0 g/mol. The van der Waals surface area contributed by atoms with Gasteiger partial charge in [-0.25, -0.2) is 0 Å². The van der Waals surface area contributed by atoms with E-state index in [1.165, 1.54) is 0 Å². The molecule has 0 atom stereocenters. The summed E-state index contributed by atoms with van der Waals surface area (Å²) in [5.41, 5.74) is 0. The molecule has 0 amide bonds. The third-order valence-corrected chi connectivity index (χ3v) is 0. The van der Waals surface area contributed by atoms with Gasteiger partial charge in [0, 0.05) is 2.85 Å². The minimum Gasteiger partial charge on any atom is 0 e. The molecule has 0 aliphatic rings. The van der Waals surface area contributed by atoms with Gasteiger partial charge in [0.2, 0.25) is 0 Å². The Labute approximate surface area is 118 Å². The molecule has 0 radical (unpaired) electrons. The Bertz CT molecular complexity index is 5.51. The second-order valence-corrected chi connectivity index (χ2v) is 0. The van der Waals surface area contributed by atoms with Gasteiger partial charge in [-0.3, -0.25) is 0 Å². The maximum Gasteiger partial charge on any atom is 1.00 e. The van der Waals surface area contributed by atoms with Crippen molar-refractivity contribution in [1.82, 2.24) is 0 Å². The second kappa shape index (κ2) is 15.8. The average Bonchev–Trinajstić information content (AvgIpc) is 0. The van der Waals surface area contributed by atoms with Crippen molar-refractivity contribution in [3.63, 3.8) is 0 Å². The van der Waals surface area contributed by atoms with Crippen LogP contribution in [0.15, 0.2) is 0 Å². The van der Waals surface area contributed by atoms with Gasteiger partial charge in [0.1, 0.15) is 0 Å². The molecule has 0 aromatic carbocycles. The van der Waals surface area contributed by atoms with Crippen molar-refractivity contribution in [3.05, 3.63) is 0 Å². The fraction of sp³-hybridized carbons (Fsp3) is 0. The van der Waals surface area contributed by atoms with Crippen molar-refractivity contribution in [3.8, 4) is 0 Å². The minimum atomic E-state index is 0. The molecular weight excluding hydrogens is 92.0 g/mol. The summed E-state index contributed by atoms with van der Waals surface area (Å²) >= 11 is 0. The van der Waals surface area contributed by atoms with Crippen molar-refractivity contribution in [1.29, 1.82) is 0 Å². The summed E-state index contributed by atoms with van der Waals surface area (Å²) in [6.07, 6.45) is 0. The van der Waals surface area contributed by atoms with E-state index < -0.39 is 0 Å². The third-order valence-electron chi connectivity index (χ3n) is 0. The van der Waals surface area contributed by atoms with Crippen LogP contribution in [-0.4, -0.2) is 0 Å². The Hall–Kier alpha value is 4.00. The van der Waals surface area contributed by atoms with Gasteiger partial charge in [0.25, 0.3) is 0 Å². The summed E-state index contributed by atoms with van der Waals surface area (Å²) in [6.45, 7) is 0. The first kappa shape index (κ1) is 24.5. The van der Waals surface area contributed by atoms with E-state index in [-0.39, 0.29) is 121 Å². The van der Waals surface area contributed by atoms with E-state index in [1.807, 2.05) is 0 Å². The summed E-state index contributed by atoms with van der Waals surface area (Å²) in [6, 6.07) is 0. The standard InChI is InChI=1S/4Na.2H2/h;;;;2*1H/q4*+1;;. The molecule has 4 heteroatoms. The van der Waals surface area contributed by atoms with Crippen molar-refractivity contribution in [2.75, 3.05) is 0 Å². The first-order valence-electron chi connectivity index (χ1n) is 0. The van der Waals surface area contributed by atoms with Crippen LogP contribution in [0.5, 0.6) is 0 Å². The molecule has 0 aromatic heterocycles. The van der Waals surface area contributed by atoms with Crippen LogP contribution in [0, 0.1) is 0 Å². The molecule has 0 unspecified atom stereocenters. The smallest absolute Gasteiger partial charge is 0 e. The van der Waals surface area contributed by atoms with Gasteiger partial charge >= 0.3 is 118 Å². The molecule has 0 aliphatic heterocycles. The SMILES string of the molecule is [HH].[HH].[Na+].[Na+].[Na+].[Na+]. The molecule has 0 N–H and O–H groups in total. The fourth-order valence-electron chi connectivity index (χ4n) is 0. The minimum absolute atomic E-state index is 0. The number of hydrogen-bond donors (Lipinski definition) is 0. The van der Waals surface area contributed by atoms with Crippen LogP contribution in [0.1, 0.15) is 2.85 Å². The monoisotopic (exact) mass is 96.0 g/mol. The Morgan fingerprint density at radius 2 is 0.500 bits per heavy atom. The predicted molar refractivity (Wildman–Crippen MR) is 4.23 cm³/mol. The summed E-state index contributed by atoms with van der Waals surface area (Å²) in [4.78, 5) is 0. The van der Waals surface area contributed by atoms with E-state index in [2.05, 4.69) is 0 Å². The Morgan fingerprint density at radius 3 is 0.500 bits per heavy atom. The summed E-state index contributed by atoms with van der Waals surface area (Å²) < 4.78 is 0. The zero-order valence-corrected chi connectivity index (χ0v) is 12.0. The van der Waals surface area contributed by atoms with Gasteiger partial charge in [-0.1, -0.05) is 0 Å². The fourth-order valence-corrected chi connectivity index (χ4v) is 0. The van der Waals surface area contributed by atoms with Gasteiger partial charge < -0.3 is 0 Å². The summed E-state index contributed by atoms with van der Waals surface area (Å²) in [5, 5.41) is 0. The van der Waals surface area contributed by atoms with Crippen molar-refractivity contribution < 1.29 is 121 Å². The molecule has 0 aromatic rings. The van der Waals surface area contributed by atoms with Crippen molar-refractivity contribution in [2.24, 2.45) is 0 Å². The molecule has 0 heterocycles. The maximum atomic E-state index is 0. The van der Waals surface area contributed by atoms with E-state index >= 15 is 0 Å². The molecule has 0 saturated carbocycles.